The molecule has 44 heavy (non-hydrogen) atoms. The Morgan fingerprint density at radius 1 is 0.886 bits per heavy atom. The van der Waals surface area contributed by atoms with Gasteiger partial charge in [0.2, 0.25) is 11.8 Å². The predicted octanol–water partition coefficient (Wildman–Crippen LogP) is 7.64. The largest absolute Gasteiger partial charge is 0.454 e. The minimum absolute atomic E-state index is 0.133. The molecule has 1 aromatic heterocycles. The van der Waals surface area contributed by atoms with Crippen molar-refractivity contribution < 1.29 is 23.9 Å². The first kappa shape index (κ1) is 29.8. The maximum atomic E-state index is 13.5. The van der Waals surface area contributed by atoms with Gasteiger partial charge in [-0.2, -0.15) is 0 Å². The van der Waals surface area contributed by atoms with Gasteiger partial charge in [-0.15, -0.1) is 0 Å². The first-order valence-electron chi connectivity index (χ1n) is 13.9. The van der Waals surface area contributed by atoms with Crippen molar-refractivity contribution in [2.24, 2.45) is 23.7 Å². The minimum atomic E-state index is -0.687. The molecule has 2 aliphatic carbocycles. The molecule has 2 heterocycles. The molecule has 2 bridgehead atoms. The Morgan fingerprint density at radius 3 is 2.16 bits per heavy atom. The molecule has 11 heteroatoms. The van der Waals surface area contributed by atoms with Gasteiger partial charge < -0.3 is 4.74 Å². The molecule has 0 radical (unpaired) electrons. The molecule has 6 atom stereocenters. The van der Waals surface area contributed by atoms with E-state index in [0.717, 1.165) is 10.9 Å². The number of hydrogen-bond donors (Lipinski definition) is 0. The van der Waals surface area contributed by atoms with E-state index in [2.05, 4.69) is 47.8 Å². The number of anilines is 1. The Labute approximate surface area is 282 Å². The first-order chi connectivity index (χ1) is 21.1. The highest BCUT2D eigenvalue weighted by molar-refractivity contribution is 9.12. The lowest BCUT2D eigenvalue weighted by atomic mass is 9.81. The van der Waals surface area contributed by atoms with Crippen molar-refractivity contribution >= 4 is 99.5 Å². The number of esters is 1. The van der Waals surface area contributed by atoms with Crippen LogP contribution in [-0.2, 0) is 14.3 Å². The molecule has 4 aromatic rings. The number of ketones is 1. The molecule has 0 N–H and O–H groups in total. The van der Waals surface area contributed by atoms with Crippen molar-refractivity contribution in [1.82, 2.24) is 4.98 Å². The SMILES string of the molecule is O=C(COC(=O)c1cc(-c2ccc(N3C(=O)C4C5CC(C(Br)C5Br)C4C3=O)cc2)nc2ccc(Cl)cc12)c1ccc(Br)cc1. The molecule has 222 valence electrons. The number of alkyl halides is 2. The Balaban J connectivity index is 1.16. The van der Waals surface area contributed by atoms with Gasteiger partial charge in [-0.05, 0) is 66.8 Å². The number of imide groups is 1. The fourth-order valence-corrected chi connectivity index (χ4v) is 9.14. The smallest absolute Gasteiger partial charge is 0.339 e. The summed E-state index contributed by atoms with van der Waals surface area (Å²) in [6.45, 7) is -0.428. The molecule has 3 aromatic carbocycles. The quantitative estimate of drug-likeness (QED) is 0.0862. The molecule has 7 nitrogen and oxygen atoms in total. The van der Waals surface area contributed by atoms with E-state index in [9.17, 15) is 19.2 Å². The van der Waals surface area contributed by atoms with Crippen molar-refractivity contribution in [3.05, 3.63) is 93.4 Å². The monoisotopic (exact) mass is 798 g/mol. The van der Waals surface area contributed by atoms with Crippen LogP contribution in [0.25, 0.3) is 22.2 Å². The van der Waals surface area contributed by atoms with Gasteiger partial charge >= 0.3 is 5.97 Å². The van der Waals surface area contributed by atoms with Crippen LogP contribution >= 0.6 is 59.4 Å². The molecule has 3 fully saturated rings. The van der Waals surface area contributed by atoms with Gasteiger partial charge in [0.15, 0.2) is 12.4 Å². The molecule has 1 aliphatic heterocycles. The Morgan fingerprint density at radius 2 is 1.52 bits per heavy atom. The van der Waals surface area contributed by atoms with Crippen LogP contribution in [0.4, 0.5) is 5.69 Å². The highest BCUT2D eigenvalue weighted by Crippen LogP contribution is 2.60. The summed E-state index contributed by atoms with van der Waals surface area (Å²) in [6.07, 6.45) is 0.868. The van der Waals surface area contributed by atoms with Crippen LogP contribution in [0.15, 0.2) is 77.3 Å². The van der Waals surface area contributed by atoms with Crippen molar-refractivity contribution in [2.45, 2.75) is 16.1 Å². The van der Waals surface area contributed by atoms with Gasteiger partial charge in [-0.1, -0.05) is 83.7 Å². The van der Waals surface area contributed by atoms with Gasteiger partial charge in [0.05, 0.1) is 34.3 Å². The highest BCUT2D eigenvalue weighted by atomic mass is 79.9. The standard InChI is InChI=1S/C33H22Br3ClN2O5/c34-17-5-1-16(2-6-17)26(40)14-44-33(43)21-13-25(38-24-10-7-18(37)11-20(21)24)15-3-8-19(9-4-15)39-31(41)27-22-12-23(28(27)32(39)42)30(36)29(22)35/h1-11,13,22-23,27-30H,12,14H2. The van der Waals surface area contributed by atoms with Crippen LogP contribution in [-0.4, -0.2) is 44.8 Å². The Bertz CT molecular complexity index is 1830. The summed E-state index contributed by atoms with van der Waals surface area (Å²) in [5.74, 6) is -1.65. The zero-order valence-electron chi connectivity index (χ0n) is 22.8. The lowest BCUT2D eigenvalue weighted by molar-refractivity contribution is -0.123. The van der Waals surface area contributed by atoms with E-state index in [1.807, 2.05) is 0 Å². The van der Waals surface area contributed by atoms with Gasteiger partial charge in [0.25, 0.3) is 0 Å². The highest BCUT2D eigenvalue weighted by Gasteiger charge is 2.66. The van der Waals surface area contributed by atoms with E-state index >= 15 is 0 Å². The number of nitrogens with zero attached hydrogens (tertiary/aromatic N) is 2. The average Bonchev–Trinajstić information content (AvgIpc) is 3.64. The number of fused-ring (bicyclic) bond motifs is 6. The second-order valence-corrected chi connectivity index (χ2v) is 14.8. The third-order valence-corrected chi connectivity index (χ3v) is 12.9. The molecule has 3 aliphatic rings. The second-order valence-electron chi connectivity index (χ2n) is 11.3. The van der Waals surface area contributed by atoms with Crippen LogP contribution in [0.2, 0.25) is 5.02 Å². The molecule has 0 spiro atoms. The number of hydrogen-bond acceptors (Lipinski definition) is 6. The molecular formula is C33H22Br3ClN2O5. The number of aromatic nitrogens is 1. The van der Waals surface area contributed by atoms with E-state index in [4.69, 9.17) is 21.3 Å². The Hall–Kier alpha value is -2.92. The number of carbonyl (C=O) groups excluding carboxylic acids is 4. The topological polar surface area (TPSA) is 93.6 Å². The summed E-state index contributed by atoms with van der Waals surface area (Å²) in [6, 6.07) is 20.4. The summed E-state index contributed by atoms with van der Waals surface area (Å²) in [5.41, 5.74) is 2.82. The summed E-state index contributed by atoms with van der Waals surface area (Å²) >= 11 is 17.0. The van der Waals surface area contributed by atoms with Gasteiger partial charge in [-0.3, -0.25) is 19.3 Å². The lowest BCUT2D eigenvalue weighted by Crippen LogP contribution is -2.37. The first-order valence-corrected chi connectivity index (χ1v) is 16.9. The van der Waals surface area contributed by atoms with Crippen molar-refractivity contribution in [3.63, 3.8) is 0 Å². The van der Waals surface area contributed by atoms with Gasteiger partial charge in [0.1, 0.15) is 0 Å². The predicted molar refractivity (Wildman–Crippen MR) is 177 cm³/mol. The normalized spacial score (nSPS) is 25.5. The number of pyridine rings is 1. The van der Waals surface area contributed by atoms with Crippen molar-refractivity contribution in [1.29, 1.82) is 0 Å². The van der Waals surface area contributed by atoms with Crippen LogP contribution in [0.3, 0.4) is 0 Å². The second kappa shape index (κ2) is 11.5. The average molecular weight is 802 g/mol. The molecule has 6 unspecified atom stereocenters. The maximum absolute atomic E-state index is 13.5. The lowest BCUT2D eigenvalue weighted by Gasteiger charge is -2.28. The summed E-state index contributed by atoms with van der Waals surface area (Å²) < 4.78 is 6.27. The van der Waals surface area contributed by atoms with Crippen molar-refractivity contribution in [3.8, 4) is 11.3 Å². The van der Waals surface area contributed by atoms with Crippen LogP contribution in [0.1, 0.15) is 27.1 Å². The third-order valence-electron chi connectivity index (χ3n) is 8.90. The van der Waals surface area contributed by atoms with Crippen LogP contribution in [0.5, 0.6) is 0 Å². The number of halogens is 4. The molecular weight excluding hydrogens is 780 g/mol. The number of ether oxygens (including phenoxy) is 1. The fourth-order valence-electron chi connectivity index (χ4n) is 6.83. The maximum Gasteiger partial charge on any atom is 0.339 e. The van der Waals surface area contributed by atoms with E-state index in [1.165, 1.54) is 4.90 Å². The molecule has 2 saturated carbocycles. The summed E-state index contributed by atoms with van der Waals surface area (Å²) in [7, 11) is 0. The van der Waals surface area contributed by atoms with Crippen molar-refractivity contribution in [2.75, 3.05) is 11.5 Å². The number of Topliss-reactive ketones (excluding diaryl/α,β-unsaturated/α-hetero) is 1. The zero-order chi connectivity index (χ0) is 30.9. The molecule has 1 saturated heterocycles. The molecule has 2 amide bonds. The van der Waals surface area contributed by atoms with E-state index in [0.29, 0.717) is 38.4 Å². The number of benzene rings is 3. The van der Waals surface area contributed by atoms with E-state index in [1.54, 1.807) is 72.8 Å². The number of carbonyl (C=O) groups is 4. The number of rotatable bonds is 6. The van der Waals surface area contributed by atoms with Gasteiger partial charge in [0, 0.05) is 35.7 Å². The van der Waals surface area contributed by atoms with Crippen LogP contribution < -0.4 is 4.90 Å². The van der Waals surface area contributed by atoms with E-state index in [-0.39, 0.29) is 56.5 Å². The van der Waals surface area contributed by atoms with Gasteiger partial charge in [-0.25, -0.2) is 9.78 Å². The number of amides is 2. The summed E-state index contributed by atoms with van der Waals surface area (Å²) in [5, 5.41) is 0.913. The zero-order valence-corrected chi connectivity index (χ0v) is 28.3. The fraction of sp³-hybridized carbons (Fsp3) is 0.242. The molecule has 7 rings (SSSR count). The summed E-state index contributed by atoms with van der Waals surface area (Å²) in [4.78, 5) is 59.3. The minimum Gasteiger partial charge on any atom is -0.454 e. The Kier molecular flexibility index (Phi) is 7.76. The van der Waals surface area contributed by atoms with Crippen LogP contribution in [0, 0.1) is 23.7 Å². The van der Waals surface area contributed by atoms with E-state index < -0.39 is 12.6 Å². The third kappa shape index (κ3) is 4.94.